The van der Waals surface area contributed by atoms with E-state index in [1.807, 2.05) is 47.9 Å². The van der Waals surface area contributed by atoms with E-state index >= 15 is 0 Å². The van der Waals surface area contributed by atoms with Crippen molar-refractivity contribution < 1.29 is 0 Å². The van der Waals surface area contributed by atoms with Crippen molar-refractivity contribution >= 4 is 17.4 Å². The predicted molar refractivity (Wildman–Crippen MR) is 79.5 cm³/mol. The van der Waals surface area contributed by atoms with Gasteiger partial charge in [-0.25, -0.2) is 0 Å². The van der Waals surface area contributed by atoms with Crippen LogP contribution in [-0.4, -0.2) is 25.6 Å². The fourth-order valence-corrected chi connectivity index (χ4v) is 3.14. The van der Waals surface area contributed by atoms with Gasteiger partial charge in [0.05, 0.1) is 5.25 Å². The monoisotopic (exact) mass is 285 g/mol. The molecule has 0 bridgehead atoms. The standard InChI is InChI=1S/C14H15N5S/c1-10(15)13(11-5-7-16-8-6-11)20-14-18-17-12-4-2-3-9-19(12)14/h2-10,13H,15H2,1H3. The first-order chi connectivity index (χ1) is 9.75. The largest absolute Gasteiger partial charge is 0.327 e. The van der Waals surface area contributed by atoms with Crippen LogP contribution in [-0.2, 0) is 0 Å². The maximum atomic E-state index is 6.13. The van der Waals surface area contributed by atoms with Crippen molar-refractivity contribution in [2.24, 2.45) is 5.73 Å². The Balaban J connectivity index is 1.95. The molecular weight excluding hydrogens is 270 g/mol. The number of thioether (sulfide) groups is 1. The molecule has 0 saturated carbocycles. The van der Waals surface area contributed by atoms with Gasteiger partial charge in [-0.3, -0.25) is 9.38 Å². The van der Waals surface area contributed by atoms with Gasteiger partial charge in [0.25, 0.3) is 0 Å². The third kappa shape index (κ3) is 2.52. The second-order valence-corrected chi connectivity index (χ2v) is 5.70. The number of hydrogen-bond donors (Lipinski definition) is 1. The third-order valence-corrected chi connectivity index (χ3v) is 4.47. The van der Waals surface area contributed by atoms with Gasteiger partial charge in [-0.2, -0.15) is 0 Å². The fourth-order valence-electron chi connectivity index (χ4n) is 2.05. The fraction of sp³-hybridized carbons (Fsp3) is 0.214. The van der Waals surface area contributed by atoms with Crippen LogP contribution in [0.25, 0.3) is 5.65 Å². The van der Waals surface area contributed by atoms with E-state index in [4.69, 9.17) is 5.73 Å². The second kappa shape index (κ2) is 5.60. The molecule has 0 aromatic carbocycles. The summed E-state index contributed by atoms with van der Waals surface area (Å²) in [6.07, 6.45) is 5.53. The van der Waals surface area contributed by atoms with Crippen LogP contribution in [0.3, 0.4) is 0 Å². The zero-order valence-corrected chi connectivity index (χ0v) is 11.9. The van der Waals surface area contributed by atoms with Gasteiger partial charge in [-0.05, 0) is 36.8 Å². The Morgan fingerprint density at radius 3 is 2.70 bits per heavy atom. The molecule has 2 unspecified atom stereocenters. The van der Waals surface area contributed by atoms with E-state index < -0.39 is 0 Å². The average Bonchev–Trinajstić information content (AvgIpc) is 2.88. The van der Waals surface area contributed by atoms with Crippen LogP contribution in [0.15, 0.2) is 54.1 Å². The Hall–Kier alpha value is -1.92. The molecule has 20 heavy (non-hydrogen) atoms. The quantitative estimate of drug-likeness (QED) is 0.745. The van der Waals surface area contributed by atoms with Gasteiger partial charge in [-0.1, -0.05) is 17.8 Å². The van der Waals surface area contributed by atoms with Crippen LogP contribution in [0.5, 0.6) is 0 Å². The number of fused-ring (bicyclic) bond motifs is 1. The highest BCUT2D eigenvalue weighted by Gasteiger charge is 2.20. The summed E-state index contributed by atoms with van der Waals surface area (Å²) < 4.78 is 1.97. The molecule has 2 N–H and O–H groups in total. The number of pyridine rings is 2. The molecule has 102 valence electrons. The molecule has 5 nitrogen and oxygen atoms in total. The zero-order valence-electron chi connectivity index (χ0n) is 11.0. The SMILES string of the molecule is CC(N)C(Sc1nnc2ccccn12)c1ccncc1. The molecular formula is C14H15N5S. The van der Waals surface area contributed by atoms with E-state index in [-0.39, 0.29) is 11.3 Å². The summed E-state index contributed by atoms with van der Waals surface area (Å²) in [5.74, 6) is 0. The lowest BCUT2D eigenvalue weighted by Crippen LogP contribution is -2.22. The van der Waals surface area contributed by atoms with E-state index in [0.717, 1.165) is 16.4 Å². The summed E-state index contributed by atoms with van der Waals surface area (Å²) in [4.78, 5) is 4.05. The van der Waals surface area contributed by atoms with E-state index in [2.05, 4.69) is 15.2 Å². The highest BCUT2D eigenvalue weighted by atomic mass is 32.2. The van der Waals surface area contributed by atoms with Crippen LogP contribution in [0.1, 0.15) is 17.7 Å². The van der Waals surface area contributed by atoms with Gasteiger partial charge < -0.3 is 5.73 Å². The van der Waals surface area contributed by atoms with Crippen LogP contribution in [0, 0.1) is 0 Å². The zero-order chi connectivity index (χ0) is 13.9. The van der Waals surface area contributed by atoms with Crippen molar-refractivity contribution in [3.05, 3.63) is 54.5 Å². The number of nitrogens with zero attached hydrogens (tertiary/aromatic N) is 4. The summed E-state index contributed by atoms with van der Waals surface area (Å²) in [5.41, 5.74) is 8.12. The van der Waals surface area contributed by atoms with Gasteiger partial charge in [-0.15, -0.1) is 10.2 Å². The number of rotatable bonds is 4. The molecule has 3 aromatic heterocycles. The van der Waals surface area contributed by atoms with Crippen LogP contribution < -0.4 is 5.73 Å². The normalized spacial score (nSPS) is 14.3. The molecule has 0 aliphatic rings. The molecule has 3 aromatic rings. The molecule has 6 heteroatoms. The summed E-state index contributed by atoms with van der Waals surface area (Å²) in [6, 6.07) is 9.83. The van der Waals surface area contributed by atoms with Gasteiger partial charge in [0.1, 0.15) is 0 Å². The lowest BCUT2D eigenvalue weighted by atomic mass is 10.1. The van der Waals surface area contributed by atoms with Gasteiger partial charge in [0.15, 0.2) is 10.8 Å². The molecule has 0 amide bonds. The molecule has 2 atom stereocenters. The van der Waals surface area contributed by atoms with Crippen molar-refractivity contribution in [3.8, 4) is 0 Å². The maximum absolute atomic E-state index is 6.13. The first-order valence-electron chi connectivity index (χ1n) is 6.37. The van der Waals surface area contributed by atoms with Crippen molar-refractivity contribution in [2.75, 3.05) is 0 Å². The van der Waals surface area contributed by atoms with E-state index in [9.17, 15) is 0 Å². The highest BCUT2D eigenvalue weighted by molar-refractivity contribution is 7.99. The molecule has 3 heterocycles. The van der Waals surface area contributed by atoms with Crippen LogP contribution in [0.4, 0.5) is 0 Å². The second-order valence-electron chi connectivity index (χ2n) is 4.59. The average molecular weight is 285 g/mol. The highest BCUT2D eigenvalue weighted by Crippen LogP contribution is 2.35. The van der Waals surface area contributed by atoms with Gasteiger partial charge >= 0.3 is 0 Å². The minimum Gasteiger partial charge on any atom is -0.327 e. The van der Waals surface area contributed by atoms with E-state index in [0.29, 0.717) is 0 Å². The lowest BCUT2D eigenvalue weighted by molar-refractivity contribution is 0.716. The van der Waals surface area contributed by atoms with Crippen molar-refractivity contribution in [1.82, 2.24) is 19.6 Å². The number of hydrogen-bond acceptors (Lipinski definition) is 5. The Bertz CT molecular complexity index is 695. The maximum Gasteiger partial charge on any atom is 0.196 e. The Morgan fingerprint density at radius 2 is 1.95 bits per heavy atom. The first-order valence-corrected chi connectivity index (χ1v) is 7.25. The van der Waals surface area contributed by atoms with E-state index in [1.54, 1.807) is 24.2 Å². The molecule has 0 aliphatic carbocycles. The van der Waals surface area contributed by atoms with Crippen molar-refractivity contribution in [3.63, 3.8) is 0 Å². The van der Waals surface area contributed by atoms with Gasteiger partial charge in [0.2, 0.25) is 0 Å². The molecule has 0 radical (unpaired) electrons. The molecule has 0 fully saturated rings. The van der Waals surface area contributed by atoms with Gasteiger partial charge in [0, 0.05) is 24.6 Å². The summed E-state index contributed by atoms with van der Waals surface area (Å²) in [5, 5.41) is 9.37. The Labute approximate surface area is 121 Å². The number of nitrogens with two attached hydrogens (primary N) is 1. The van der Waals surface area contributed by atoms with Crippen molar-refractivity contribution in [1.29, 1.82) is 0 Å². The lowest BCUT2D eigenvalue weighted by Gasteiger charge is -2.19. The smallest absolute Gasteiger partial charge is 0.196 e. The summed E-state index contributed by atoms with van der Waals surface area (Å²) >= 11 is 1.62. The molecule has 0 spiro atoms. The van der Waals surface area contributed by atoms with Crippen LogP contribution in [0.2, 0.25) is 0 Å². The predicted octanol–water partition coefficient (Wildman–Crippen LogP) is 2.30. The molecule has 0 aliphatic heterocycles. The van der Waals surface area contributed by atoms with E-state index in [1.165, 1.54) is 0 Å². The number of aromatic nitrogens is 4. The summed E-state index contributed by atoms with van der Waals surface area (Å²) in [7, 11) is 0. The van der Waals surface area contributed by atoms with Crippen molar-refractivity contribution in [2.45, 2.75) is 23.4 Å². The minimum atomic E-state index is -0.00142. The van der Waals surface area contributed by atoms with Crippen LogP contribution >= 0.6 is 11.8 Å². The molecule has 3 rings (SSSR count). The Kier molecular flexibility index (Phi) is 3.66. The third-order valence-electron chi connectivity index (χ3n) is 3.03. The Morgan fingerprint density at radius 1 is 1.15 bits per heavy atom. The minimum absolute atomic E-state index is 0.00142. The summed E-state index contributed by atoms with van der Waals surface area (Å²) in [6.45, 7) is 2.00. The topological polar surface area (TPSA) is 69.1 Å². The molecule has 0 saturated heterocycles. The first kappa shape index (κ1) is 13.1.